The first-order valence-corrected chi connectivity index (χ1v) is 5.28. The van der Waals surface area contributed by atoms with Gasteiger partial charge in [0.1, 0.15) is 12.4 Å². The Balaban J connectivity index is 2.65. The van der Waals surface area contributed by atoms with Gasteiger partial charge in [0.25, 0.3) is 0 Å². The van der Waals surface area contributed by atoms with Gasteiger partial charge in [0, 0.05) is 0 Å². The van der Waals surface area contributed by atoms with Crippen LogP contribution in [-0.2, 0) is 4.74 Å². The predicted octanol–water partition coefficient (Wildman–Crippen LogP) is 2.82. The van der Waals surface area contributed by atoms with Crippen LogP contribution in [0, 0.1) is 0 Å². The van der Waals surface area contributed by atoms with Gasteiger partial charge in [-0.25, -0.2) is 4.79 Å². The Labute approximate surface area is 95.7 Å². The molecule has 3 heteroatoms. The molecule has 3 nitrogen and oxygen atoms in total. The summed E-state index contributed by atoms with van der Waals surface area (Å²) in [5.74, 6) is 0.330. The van der Waals surface area contributed by atoms with E-state index in [-0.39, 0.29) is 12.6 Å². The number of carbonyl (C=O) groups is 1. The van der Waals surface area contributed by atoms with Crippen molar-refractivity contribution in [2.24, 2.45) is 0 Å². The molecule has 16 heavy (non-hydrogen) atoms. The van der Waals surface area contributed by atoms with Crippen molar-refractivity contribution in [3.05, 3.63) is 42.5 Å². The third-order valence-electron chi connectivity index (χ3n) is 1.87. The molecule has 0 aliphatic heterocycles. The van der Waals surface area contributed by atoms with Crippen LogP contribution >= 0.6 is 0 Å². The van der Waals surface area contributed by atoms with Crippen LogP contribution in [0.2, 0.25) is 0 Å². The highest BCUT2D eigenvalue weighted by molar-refractivity contribution is 5.89. The molecule has 0 saturated heterocycles. The highest BCUT2D eigenvalue weighted by atomic mass is 16.5. The third kappa shape index (κ3) is 3.77. The van der Waals surface area contributed by atoms with Gasteiger partial charge >= 0.3 is 5.97 Å². The molecular weight excluding hydrogens is 204 g/mol. The average Bonchev–Trinajstić information content (AvgIpc) is 2.33. The van der Waals surface area contributed by atoms with Gasteiger partial charge < -0.3 is 9.47 Å². The van der Waals surface area contributed by atoms with Crippen molar-refractivity contribution in [3.63, 3.8) is 0 Å². The summed E-state index contributed by atoms with van der Waals surface area (Å²) in [7, 11) is 0. The van der Waals surface area contributed by atoms with Crippen LogP contribution in [0.4, 0.5) is 0 Å². The number of esters is 1. The minimum absolute atomic E-state index is 0.221. The Morgan fingerprint density at radius 3 is 3.00 bits per heavy atom. The van der Waals surface area contributed by atoms with E-state index >= 15 is 0 Å². The summed E-state index contributed by atoms with van der Waals surface area (Å²) in [5.41, 5.74) is 0.496. The summed E-state index contributed by atoms with van der Waals surface area (Å²) in [5, 5.41) is 0. The second-order valence-electron chi connectivity index (χ2n) is 3.26. The highest BCUT2D eigenvalue weighted by Crippen LogP contribution is 2.14. The van der Waals surface area contributed by atoms with Gasteiger partial charge in [-0.15, -0.1) is 0 Å². The van der Waals surface area contributed by atoms with E-state index in [0.29, 0.717) is 17.9 Å². The van der Waals surface area contributed by atoms with Gasteiger partial charge in [-0.05, 0) is 24.6 Å². The van der Waals surface area contributed by atoms with Crippen molar-refractivity contribution in [2.75, 3.05) is 13.2 Å². The standard InChI is InChI=1S/C13H16O3/c1-3-8-15-12-7-5-6-11(10-12)13(14)16-9-4-2/h4-7,10H,2-3,8-9H2,1H3. The zero-order chi connectivity index (χ0) is 11.8. The number of hydrogen-bond acceptors (Lipinski definition) is 3. The topological polar surface area (TPSA) is 35.5 Å². The molecule has 0 aliphatic carbocycles. The normalized spacial score (nSPS) is 9.56. The maximum Gasteiger partial charge on any atom is 0.338 e. The van der Waals surface area contributed by atoms with Crippen LogP contribution < -0.4 is 4.74 Å². The molecule has 0 saturated carbocycles. The molecular formula is C13H16O3. The maximum atomic E-state index is 11.5. The second-order valence-corrected chi connectivity index (χ2v) is 3.26. The molecule has 0 heterocycles. The molecule has 0 N–H and O–H groups in total. The molecule has 0 aliphatic rings. The van der Waals surface area contributed by atoms with E-state index in [1.165, 1.54) is 6.08 Å². The number of rotatable bonds is 6. The Bertz CT molecular complexity index is 358. The zero-order valence-corrected chi connectivity index (χ0v) is 9.44. The van der Waals surface area contributed by atoms with Gasteiger partial charge in [0.15, 0.2) is 0 Å². The quantitative estimate of drug-likeness (QED) is 0.546. The third-order valence-corrected chi connectivity index (χ3v) is 1.87. The SMILES string of the molecule is C=CCOC(=O)c1cccc(OCCC)c1. The number of ether oxygens (including phenoxy) is 2. The molecule has 0 amide bonds. The van der Waals surface area contributed by atoms with Crippen LogP contribution in [0.25, 0.3) is 0 Å². The van der Waals surface area contributed by atoms with E-state index in [4.69, 9.17) is 9.47 Å². The van der Waals surface area contributed by atoms with Crippen LogP contribution in [0.1, 0.15) is 23.7 Å². The van der Waals surface area contributed by atoms with Crippen LogP contribution in [-0.4, -0.2) is 19.2 Å². The smallest absolute Gasteiger partial charge is 0.338 e. The fourth-order valence-corrected chi connectivity index (χ4v) is 1.15. The largest absolute Gasteiger partial charge is 0.494 e. The highest BCUT2D eigenvalue weighted by Gasteiger charge is 2.06. The van der Waals surface area contributed by atoms with Crippen molar-refractivity contribution in [3.8, 4) is 5.75 Å². The molecule has 1 rings (SSSR count). The predicted molar refractivity (Wildman–Crippen MR) is 62.7 cm³/mol. The maximum absolute atomic E-state index is 11.5. The van der Waals surface area contributed by atoms with Gasteiger partial charge in [-0.2, -0.15) is 0 Å². The summed E-state index contributed by atoms with van der Waals surface area (Å²) in [6.07, 6.45) is 2.47. The Morgan fingerprint density at radius 2 is 2.31 bits per heavy atom. The lowest BCUT2D eigenvalue weighted by atomic mass is 10.2. The van der Waals surface area contributed by atoms with Crippen molar-refractivity contribution in [2.45, 2.75) is 13.3 Å². The molecule has 0 atom stereocenters. The Kier molecular flexibility index (Phi) is 5.12. The van der Waals surface area contributed by atoms with Gasteiger partial charge in [0.05, 0.1) is 12.2 Å². The first-order chi connectivity index (χ1) is 7.77. The lowest BCUT2D eigenvalue weighted by molar-refractivity contribution is 0.0549. The number of benzene rings is 1. The summed E-state index contributed by atoms with van der Waals surface area (Å²) in [6.45, 7) is 6.38. The summed E-state index contributed by atoms with van der Waals surface area (Å²) in [4.78, 5) is 11.5. The lowest BCUT2D eigenvalue weighted by Gasteiger charge is -2.06. The minimum atomic E-state index is -0.359. The average molecular weight is 220 g/mol. The lowest BCUT2D eigenvalue weighted by Crippen LogP contribution is -2.05. The van der Waals surface area contributed by atoms with Gasteiger partial charge in [0.2, 0.25) is 0 Å². The van der Waals surface area contributed by atoms with Crippen molar-refractivity contribution >= 4 is 5.97 Å². The molecule has 0 fully saturated rings. The first-order valence-electron chi connectivity index (χ1n) is 5.28. The molecule has 1 aromatic rings. The fraction of sp³-hybridized carbons (Fsp3) is 0.308. The van der Waals surface area contributed by atoms with Crippen molar-refractivity contribution in [1.29, 1.82) is 0 Å². The number of hydrogen-bond donors (Lipinski definition) is 0. The number of carbonyl (C=O) groups excluding carboxylic acids is 1. The molecule has 86 valence electrons. The van der Waals surface area contributed by atoms with E-state index in [9.17, 15) is 4.79 Å². The molecule has 0 spiro atoms. The van der Waals surface area contributed by atoms with E-state index in [1.54, 1.807) is 18.2 Å². The molecule has 0 bridgehead atoms. The fourth-order valence-electron chi connectivity index (χ4n) is 1.15. The van der Waals surface area contributed by atoms with Gasteiger partial charge in [-0.1, -0.05) is 25.6 Å². The first kappa shape index (κ1) is 12.3. The Morgan fingerprint density at radius 1 is 1.50 bits per heavy atom. The van der Waals surface area contributed by atoms with E-state index in [0.717, 1.165) is 6.42 Å². The van der Waals surface area contributed by atoms with Crippen LogP contribution in [0.3, 0.4) is 0 Å². The summed E-state index contributed by atoms with van der Waals surface area (Å²) < 4.78 is 10.3. The monoisotopic (exact) mass is 220 g/mol. The van der Waals surface area contributed by atoms with E-state index in [1.807, 2.05) is 13.0 Å². The van der Waals surface area contributed by atoms with Gasteiger partial charge in [-0.3, -0.25) is 0 Å². The Hall–Kier alpha value is -1.77. The molecule has 0 radical (unpaired) electrons. The summed E-state index contributed by atoms with van der Waals surface area (Å²) >= 11 is 0. The van der Waals surface area contributed by atoms with Crippen molar-refractivity contribution in [1.82, 2.24) is 0 Å². The molecule has 0 aromatic heterocycles. The zero-order valence-electron chi connectivity index (χ0n) is 9.44. The summed E-state index contributed by atoms with van der Waals surface area (Å²) in [6, 6.07) is 6.97. The van der Waals surface area contributed by atoms with E-state index in [2.05, 4.69) is 6.58 Å². The van der Waals surface area contributed by atoms with Crippen LogP contribution in [0.5, 0.6) is 5.75 Å². The second kappa shape index (κ2) is 6.67. The molecule has 1 aromatic carbocycles. The molecule has 0 unspecified atom stereocenters. The minimum Gasteiger partial charge on any atom is -0.494 e. The van der Waals surface area contributed by atoms with Crippen LogP contribution in [0.15, 0.2) is 36.9 Å². The van der Waals surface area contributed by atoms with E-state index < -0.39 is 0 Å². The van der Waals surface area contributed by atoms with Crippen molar-refractivity contribution < 1.29 is 14.3 Å².